The Hall–Kier alpha value is -3.93. The second-order valence-corrected chi connectivity index (χ2v) is 12.1. The van der Waals surface area contributed by atoms with E-state index in [4.69, 9.17) is 5.10 Å². The lowest BCUT2D eigenvalue weighted by Crippen LogP contribution is -2.25. The van der Waals surface area contributed by atoms with Gasteiger partial charge < -0.3 is 5.11 Å². The molecule has 0 radical (unpaired) electrons. The summed E-state index contributed by atoms with van der Waals surface area (Å²) in [7, 11) is 0. The number of aryl methyl sites for hydroxylation is 2. The molecule has 3 aromatic carbocycles. The number of benzene rings is 3. The van der Waals surface area contributed by atoms with Crippen molar-refractivity contribution < 1.29 is 9.90 Å². The highest BCUT2D eigenvalue weighted by atomic mass is 16.4. The standard InChI is InChI=1S/C34H39N3O3/c1-5-36-30(35-37(32(36)40)23-25-15-17-28(18-16-25)33(2,3)4)14-7-10-24-9-6-11-26(21-24)27-12-8-13-29(22-27)34(19-20-34)31(38)39/h6,8-9,11-13,15-18,21-22H,5,7,10,14,19-20,23H2,1-4H3,(H,38,39). The maximum atomic E-state index is 13.1. The Balaban J connectivity index is 1.26. The molecule has 40 heavy (non-hydrogen) atoms. The molecule has 0 aliphatic heterocycles. The molecule has 6 nitrogen and oxygen atoms in total. The van der Waals surface area contributed by atoms with Crippen LogP contribution in [0.3, 0.4) is 0 Å². The van der Waals surface area contributed by atoms with Gasteiger partial charge in [-0.3, -0.25) is 9.36 Å². The molecular weight excluding hydrogens is 498 g/mol. The molecule has 6 heteroatoms. The molecule has 1 aromatic heterocycles. The fourth-order valence-electron chi connectivity index (χ4n) is 5.48. The quantitative estimate of drug-likeness (QED) is 0.255. The van der Waals surface area contributed by atoms with Crippen LogP contribution in [0, 0.1) is 0 Å². The number of aromatic nitrogens is 3. The lowest BCUT2D eigenvalue weighted by Gasteiger charge is -2.19. The summed E-state index contributed by atoms with van der Waals surface area (Å²) in [5, 5.41) is 14.4. The third-order valence-electron chi connectivity index (χ3n) is 8.17. The molecule has 1 aliphatic rings. The first kappa shape index (κ1) is 27.6. The van der Waals surface area contributed by atoms with E-state index >= 15 is 0 Å². The van der Waals surface area contributed by atoms with Crippen LogP contribution in [-0.4, -0.2) is 25.4 Å². The highest BCUT2D eigenvalue weighted by molar-refractivity contribution is 5.85. The molecule has 4 aromatic rings. The molecule has 0 saturated heterocycles. The van der Waals surface area contributed by atoms with Gasteiger partial charge in [0.1, 0.15) is 5.82 Å². The maximum absolute atomic E-state index is 13.1. The summed E-state index contributed by atoms with van der Waals surface area (Å²) >= 11 is 0. The van der Waals surface area contributed by atoms with Crippen molar-refractivity contribution in [2.75, 3.05) is 0 Å². The van der Waals surface area contributed by atoms with Crippen LogP contribution in [0.5, 0.6) is 0 Å². The first-order chi connectivity index (χ1) is 19.1. The highest BCUT2D eigenvalue weighted by Crippen LogP contribution is 2.49. The van der Waals surface area contributed by atoms with Gasteiger partial charge >= 0.3 is 11.7 Å². The average Bonchev–Trinajstić information content (AvgIpc) is 3.70. The Bertz CT molecular complexity index is 1570. The average molecular weight is 538 g/mol. The number of hydrogen-bond acceptors (Lipinski definition) is 3. The predicted octanol–water partition coefficient (Wildman–Crippen LogP) is 6.37. The van der Waals surface area contributed by atoms with E-state index in [1.165, 1.54) is 11.1 Å². The lowest BCUT2D eigenvalue weighted by molar-refractivity contribution is -0.140. The molecule has 1 heterocycles. The fraction of sp³-hybridized carbons (Fsp3) is 0.382. The lowest BCUT2D eigenvalue weighted by atomic mass is 9.87. The first-order valence-electron chi connectivity index (χ1n) is 14.3. The second kappa shape index (κ2) is 10.9. The molecule has 1 aliphatic carbocycles. The first-order valence-corrected chi connectivity index (χ1v) is 14.3. The molecule has 1 saturated carbocycles. The molecular formula is C34H39N3O3. The van der Waals surface area contributed by atoms with Gasteiger partial charge in [0.2, 0.25) is 0 Å². The van der Waals surface area contributed by atoms with Crippen LogP contribution in [0.2, 0.25) is 0 Å². The van der Waals surface area contributed by atoms with Crippen LogP contribution in [0.15, 0.2) is 77.6 Å². The van der Waals surface area contributed by atoms with Crippen molar-refractivity contribution >= 4 is 5.97 Å². The van der Waals surface area contributed by atoms with Crippen molar-refractivity contribution in [1.82, 2.24) is 14.3 Å². The SMILES string of the molecule is CCn1c(CCCc2cccc(-c3cccc(C4(C(=O)O)CC4)c3)c2)nn(Cc2ccc(C(C)(C)C)cc2)c1=O. The van der Waals surface area contributed by atoms with Crippen molar-refractivity contribution in [3.8, 4) is 11.1 Å². The number of nitrogens with zero attached hydrogens (tertiary/aromatic N) is 3. The summed E-state index contributed by atoms with van der Waals surface area (Å²) in [6.45, 7) is 9.64. The largest absolute Gasteiger partial charge is 0.481 e. The Labute approximate surface area is 236 Å². The van der Waals surface area contributed by atoms with Gasteiger partial charge in [-0.25, -0.2) is 9.48 Å². The smallest absolute Gasteiger partial charge is 0.346 e. The van der Waals surface area contributed by atoms with Gasteiger partial charge in [0.05, 0.1) is 12.0 Å². The third-order valence-corrected chi connectivity index (χ3v) is 8.17. The zero-order valence-electron chi connectivity index (χ0n) is 24.0. The molecule has 0 bridgehead atoms. The molecule has 0 atom stereocenters. The van der Waals surface area contributed by atoms with E-state index in [0.717, 1.165) is 47.3 Å². The minimum absolute atomic E-state index is 0.0610. The normalized spacial score (nSPS) is 14.3. The zero-order valence-corrected chi connectivity index (χ0v) is 24.0. The minimum Gasteiger partial charge on any atom is -0.481 e. The second-order valence-electron chi connectivity index (χ2n) is 12.1. The third kappa shape index (κ3) is 5.67. The van der Waals surface area contributed by atoms with Crippen molar-refractivity contribution in [1.29, 1.82) is 0 Å². The molecule has 0 spiro atoms. The fourth-order valence-corrected chi connectivity index (χ4v) is 5.48. The molecule has 0 amide bonds. The van der Waals surface area contributed by atoms with E-state index in [2.05, 4.69) is 69.3 Å². The van der Waals surface area contributed by atoms with Crippen molar-refractivity contribution in [2.24, 2.45) is 0 Å². The molecule has 1 fully saturated rings. The van der Waals surface area contributed by atoms with Crippen molar-refractivity contribution in [3.05, 3.63) is 111 Å². The van der Waals surface area contributed by atoms with Gasteiger partial charge in [0.15, 0.2) is 0 Å². The highest BCUT2D eigenvalue weighted by Gasteiger charge is 2.51. The van der Waals surface area contributed by atoms with E-state index in [-0.39, 0.29) is 11.1 Å². The predicted molar refractivity (Wildman–Crippen MR) is 159 cm³/mol. The Morgan fingerprint density at radius 2 is 1.60 bits per heavy atom. The number of carboxylic acids is 1. The topological polar surface area (TPSA) is 77.1 Å². The number of carboxylic acid groups (broad SMARTS) is 1. The number of rotatable bonds is 10. The van der Waals surface area contributed by atoms with Crippen LogP contribution in [-0.2, 0) is 41.6 Å². The van der Waals surface area contributed by atoms with Crippen LogP contribution in [0.1, 0.15) is 75.0 Å². The monoisotopic (exact) mass is 537 g/mol. The van der Waals surface area contributed by atoms with E-state index in [1.807, 2.05) is 31.2 Å². The van der Waals surface area contributed by atoms with Gasteiger partial charge in [-0.15, -0.1) is 0 Å². The summed E-state index contributed by atoms with van der Waals surface area (Å²) < 4.78 is 3.36. The van der Waals surface area contributed by atoms with E-state index < -0.39 is 11.4 Å². The zero-order chi connectivity index (χ0) is 28.5. The van der Waals surface area contributed by atoms with Crippen molar-refractivity contribution in [2.45, 2.75) is 83.7 Å². The van der Waals surface area contributed by atoms with E-state index in [0.29, 0.717) is 25.9 Å². The van der Waals surface area contributed by atoms with Gasteiger partial charge in [-0.2, -0.15) is 5.10 Å². The molecule has 208 valence electrons. The van der Waals surface area contributed by atoms with Gasteiger partial charge in [-0.05, 0) is 71.4 Å². The number of aliphatic carboxylic acids is 1. The Kier molecular flexibility index (Phi) is 7.54. The van der Waals surface area contributed by atoms with Crippen LogP contribution >= 0.6 is 0 Å². The van der Waals surface area contributed by atoms with Gasteiger partial charge in [0.25, 0.3) is 0 Å². The molecule has 5 rings (SSSR count). The van der Waals surface area contributed by atoms with Crippen molar-refractivity contribution in [3.63, 3.8) is 0 Å². The Morgan fingerprint density at radius 3 is 2.23 bits per heavy atom. The molecule has 0 unspecified atom stereocenters. The van der Waals surface area contributed by atoms with Gasteiger partial charge in [0, 0.05) is 13.0 Å². The summed E-state index contributed by atoms with van der Waals surface area (Å²) in [6.07, 6.45) is 3.87. The number of carbonyl (C=O) groups is 1. The van der Waals surface area contributed by atoms with Crippen LogP contribution in [0.25, 0.3) is 11.1 Å². The summed E-state index contributed by atoms with van der Waals surface area (Å²) in [5.41, 5.74) is 5.90. The minimum atomic E-state index is -0.732. The van der Waals surface area contributed by atoms with Crippen LogP contribution in [0.4, 0.5) is 0 Å². The Morgan fingerprint density at radius 1 is 0.925 bits per heavy atom. The van der Waals surface area contributed by atoms with E-state index in [9.17, 15) is 14.7 Å². The maximum Gasteiger partial charge on any atom is 0.346 e. The van der Waals surface area contributed by atoms with Gasteiger partial charge in [-0.1, -0.05) is 93.6 Å². The van der Waals surface area contributed by atoms with Crippen LogP contribution < -0.4 is 5.69 Å². The summed E-state index contributed by atoms with van der Waals surface area (Å²) in [4.78, 5) is 24.9. The molecule has 1 N–H and O–H groups in total. The number of hydrogen-bond donors (Lipinski definition) is 1. The summed E-state index contributed by atoms with van der Waals surface area (Å²) in [5.74, 6) is 0.0934. The van der Waals surface area contributed by atoms with E-state index in [1.54, 1.807) is 9.25 Å². The summed E-state index contributed by atoms with van der Waals surface area (Å²) in [6, 6.07) is 24.9.